The fraction of sp³-hybridized carbons (Fsp3) is 0.375. The van der Waals surface area contributed by atoms with Gasteiger partial charge in [-0.15, -0.1) is 0 Å². The number of nitrogens with zero attached hydrogens (tertiary/aromatic N) is 3. The molecule has 0 unspecified atom stereocenters. The normalized spacial score (nSPS) is 18.9. The van der Waals surface area contributed by atoms with Crippen molar-refractivity contribution in [3.05, 3.63) is 51.9 Å². The number of ether oxygens (including phenoxy) is 1. The molecule has 4 rings (SSSR count). The maximum atomic E-state index is 13.6. The zero-order valence-corrected chi connectivity index (χ0v) is 12.3. The largest absolute Gasteiger partial charge is 0.472 e. The van der Waals surface area contributed by atoms with Gasteiger partial charge in [-0.05, 0) is 18.9 Å². The van der Waals surface area contributed by atoms with Gasteiger partial charge in [-0.25, -0.2) is 13.6 Å². The summed E-state index contributed by atoms with van der Waals surface area (Å²) in [7, 11) is 0. The van der Waals surface area contributed by atoms with Gasteiger partial charge in [-0.2, -0.15) is 4.98 Å². The molecule has 0 spiro atoms. The van der Waals surface area contributed by atoms with Gasteiger partial charge < -0.3 is 9.64 Å². The lowest BCUT2D eigenvalue weighted by Gasteiger charge is -2.17. The average molecular weight is 319 g/mol. The van der Waals surface area contributed by atoms with Crippen molar-refractivity contribution in [1.82, 2.24) is 9.55 Å². The first-order valence-electron chi connectivity index (χ1n) is 7.57. The summed E-state index contributed by atoms with van der Waals surface area (Å²) < 4.78 is 33.9. The van der Waals surface area contributed by atoms with Crippen LogP contribution in [0.2, 0.25) is 0 Å². The maximum Gasteiger partial charge on any atom is 0.352 e. The van der Waals surface area contributed by atoms with E-state index in [2.05, 4.69) is 9.88 Å². The van der Waals surface area contributed by atoms with E-state index >= 15 is 0 Å². The van der Waals surface area contributed by atoms with Crippen LogP contribution in [0.25, 0.3) is 0 Å². The van der Waals surface area contributed by atoms with E-state index in [-0.39, 0.29) is 23.7 Å². The van der Waals surface area contributed by atoms with E-state index in [0.717, 1.165) is 31.3 Å². The molecule has 0 amide bonds. The van der Waals surface area contributed by atoms with Gasteiger partial charge in [0, 0.05) is 30.8 Å². The molecule has 1 fully saturated rings. The maximum absolute atomic E-state index is 13.6. The van der Waals surface area contributed by atoms with E-state index in [9.17, 15) is 13.6 Å². The van der Waals surface area contributed by atoms with E-state index in [1.807, 2.05) is 0 Å². The van der Waals surface area contributed by atoms with Gasteiger partial charge in [0.1, 0.15) is 12.4 Å². The van der Waals surface area contributed by atoms with Crippen molar-refractivity contribution in [2.45, 2.75) is 32.0 Å². The molecule has 0 bridgehead atoms. The molecular formula is C16H15F2N3O2. The number of rotatable bonds is 3. The summed E-state index contributed by atoms with van der Waals surface area (Å²) in [5, 5.41) is 0. The summed E-state index contributed by atoms with van der Waals surface area (Å²) >= 11 is 0. The van der Waals surface area contributed by atoms with Gasteiger partial charge in [0.25, 0.3) is 0 Å². The number of anilines is 1. The molecule has 120 valence electrons. The molecule has 0 N–H and O–H groups in total. The zero-order valence-electron chi connectivity index (χ0n) is 12.3. The van der Waals surface area contributed by atoms with E-state index in [1.165, 1.54) is 12.1 Å². The summed E-state index contributed by atoms with van der Waals surface area (Å²) in [5.74, 6) is -0.933. The third kappa shape index (κ3) is 2.36. The third-order valence-corrected chi connectivity index (χ3v) is 4.44. The molecule has 2 aromatic rings. The highest BCUT2D eigenvalue weighted by atomic mass is 19.2. The molecule has 5 nitrogen and oxygen atoms in total. The van der Waals surface area contributed by atoms with Gasteiger partial charge in [0.2, 0.25) is 5.88 Å². The van der Waals surface area contributed by atoms with Crippen LogP contribution >= 0.6 is 0 Å². The van der Waals surface area contributed by atoms with Crippen LogP contribution in [-0.2, 0) is 13.2 Å². The van der Waals surface area contributed by atoms with Gasteiger partial charge in [-0.1, -0.05) is 12.1 Å². The van der Waals surface area contributed by atoms with E-state index in [4.69, 9.17) is 4.74 Å². The Labute approximate surface area is 131 Å². The lowest BCUT2D eigenvalue weighted by atomic mass is 10.2. The molecule has 2 aliphatic heterocycles. The van der Waals surface area contributed by atoms with Crippen LogP contribution in [0.3, 0.4) is 0 Å². The number of benzene rings is 1. The quantitative estimate of drug-likeness (QED) is 0.869. The van der Waals surface area contributed by atoms with Crippen molar-refractivity contribution >= 4 is 5.82 Å². The molecular weight excluding hydrogens is 304 g/mol. The first kappa shape index (κ1) is 14.2. The number of fused-ring (bicyclic) bond motifs is 3. The van der Waals surface area contributed by atoms with Crippen LogP contribution in [-0.4, -0.2) is 22.1 Å². The van der Waals surface area contributed by atoms with E-state index < -0.39 is 11.6 Å². The second kappa shape index (κ2) is 5.33. The Morgan fingerprint density at radius 1 is 1.35 bits per heavy atom. The summed E-state index contributed by atoms with van der Waals surface area (Å²) in [6, 6.07) is 5.95. The Morgan fingerprint density at radius 2 is 2.22 bits per heavy atom. The highest BCUT2D eigenvalue weighted by Crippen LogP contribution is 2.33. The van der Waals surface area contributed by atoms with Crippen LogP contribution < -0.4 is 15.3 Å². The van der Waals surface area contributed by atoms with Gasteiger partial charge in [0.05, 0.1) is 0 Å². The van der Waals surface area contributed by atoms with Crippen LogP contribution in [0.4, 0.5) is 14.6 Å². The zero-order chi connectivity index (χ0) is 16.0. The molecule has 23 heavy (non-hydrogen) atoms. The lowest BCUT2D eigenvalue weighted by molar-refractivity contribution is 0.283. The summed E-state index contributed by atoms with van der Waals surface area (Å²) in [6.45, 7) is 1.38. The van der Waals surface area contributed by atoms with E-state index in [0.29, 0.717) is 12.6 Å². The van der Waals surface area contributed by atoms with Crippen LogP contribution in [0.15, 0.2) is 29.1 Å². The fourth-order valence-electron chi connectivity index (χ4n) is 3.31. The minimum Gasteiger partial charge on any atom is -0.472 e. The lowest BCUT2D eigenvalue weighted by Crippen LogP contribution is -2.24. The van der Waals surface area contributed by atoms with Gasteiger partial charge >= 0.3 is 5.69 Å². The average Bonchev–Trinajstić information content (AvgIpc) is 3.11. The number of hydrogen-bond donors (Lipinski definition) is 0. The smallest absolute Gasteiger partial charge is 0.352 e. The van der Waals surface area contributed by atoms with Crippen molar-refractivity contribution in [2.24, 2.45) is 0 Å². The summed E-state index contributed by atoms with van der Waals surface area (Å²) in [4.78, 5) is 18.2. The highest BCUT2D eigenvalue weighted by Gasteiger charge is 2.34. The Kier molecular flexibility index (Phi) is 3.28. The first-order chi connectivity index (χ1) is 11.1. The van der Waals surface area contributed by atoms with Gasteiger partial charge in [0.15, 0.2) is 11.6 Å². The van der Waals surface area contributed by atoms with Crippen LogP contribution in [0, 0.1) is 11.6 Å². The fourth-order valence-corrected chi connectivity index (χ4v) is 3.31. The van der Waals surface area contributed by atoms with Crippen molar-refractivity contribution in [3.8, 4) is 5.88 Å². The molecule has 2 aliphatic rings. The number of halogens is 2. The topological polar surface area (TPSA) is 47.4 Å². The van der Waals surface area contributed by atoms with Gasteiger partial charge in [-0.3, -0.25) is 4.57 Å². The Bertz CT molecular complexity index is 821. The number of hydrogen-bond acceptors (Lipinski definition) is 4. The second-order valence-electron chi connectivity index (χ2n) is 5.84. The monoisotopic (exact) mass is 319 g/mol. The van der Waals surface area contributed by atoms with Crippen molar-refractivity contribution in [3.63, 3.8) is 0 Å². The van der Waals surface area contributed by atoms with Crippen LogP contribution in [0.1, 0.15) is 18.4 Å². The minimum absolute atomic E-state index is 0.0893. The van der Waals surface area contributed by atoms with Crippen molar-refractivity contribution < 1.29 is 13.5 Å². The SMILES string of the molecule is O=c1nc(OCc2cccc(F)c2F)cc2n1C[C@H]1CCCN21. The predicted octanol–water partition coefficient (Wildman–Crippen LogP) is 2.08. The van der Waals surface area contributed by atoms with Crippen molar-refractivity contribution in [1.29, 1.82) is 0 Å². The van der Waals surface area contributed by atoms with Crippen molar-refractivity contribution in [2.75, 3.05) is 11.4 Å². The molecule has 7 heteroatoms. The van der Waals surface area contributed by atoms with E-state index in [1.54, 1.807) is 10.6 Å². The molecule has 0 aliphatic carbocycles. The van der Waals surface area contributed by atoms with Crippen LogP contribution in [0.5, 0.6) is 5.88 Å². The predicted molar refractivity (Wildman–Crippen MR) is 79.6 cm³/mol. The molecule has 1 saturated heterocycles. The third-order valence-electron chi connectivity index (χ3n) is 4.44. The Hall–Kier alpha value is -2.44. The highest BCUT2D eigenvalue weighted by molar-refractivity contribution is 5.48. The molecule has 1 atom stereocenters. The minimum atomic E-state index is -0.940. The molecule has 1 aromatic heterocycles. The molecule has 0 saturated carbocycles. The molecule has 1 aromatic carbocycles. The standard InChI is InChI=1S/C16H15F2N3O2/c17-12-5-1-3-10(15(12)18)9-23-13-7-14-20-6-2-4-11(20)8-21(14)16(22)19-13/h1,3,5,7,11H,2,4,6,8-9H2/t11-/m1/s1. The number of aromatic nitrogens is 2. The molecule has 3 heterocycles. The second-order valence-corrected chi connectivity index (χ2v) is 5.84. The first-order valence-corrected chi connectivity index (χ1v) is 7.57. The summed E-state index contributed by atoms with van der Waals surface area (Å²) in [5.41, 5.74) is -0.280. The Balaban J connectivity index is 1.59. The summed E-state index contributed by atoms with van der Waals surface area (Å²) in [6.07, 6.45) is 2.16. The Morgan fingerprint density at radius 3 is 3.09 bits per heavy atom. The molecule has 0 radical (unpaired) electrons.